The summed E-state index contributed by atoms with van der Waals surface area (Å²) in [4.78, 5) is 35.7. The number of ketones is 2. The average Bonchev–Trinajstić information content (AvgIpc) is 2.57. The Morgan fingerprint density at radius 2 is 1.92 bits per heavy atom. The minimum Gasteiger partial charge on any atom is -0.497 e. The Hall–Kier alpha value is -2.54. The molecule has 0 spiro atoms. The average molecular weight is 394 g/mol. The van der Waals surface area contributed by atoms with Crippen molar-refractivity contribution in [1.82, 2.24) is 0 Å². The molecule has 1 amide bonds. The molecule has 0 radical (unpaired) electrons. The van der Waals surface area contributed by atoms with Crippen LogP contribution in [0, 0.1) is 5.82 Å². The van der Waals surface area contributed by atoms with E-state index in [-0.39, 0.29) is 11.3 Å². The van der Waals surface area contributed by atoms with Crippen molar-refractivity contribution < 1.29 is 23.5 Å². The summed E-state index contributed by atoms with van der Waals surface area (Å²) >= 11 is 3.09. The van der Waals surface area contributed by atoms with Gasteiger partial charge in [-0.3, -0.25) is 14.4 Å². The molecule has 0 saturated heterocycles. The molecule has 0 aromatic heterocycles. The monoisotopic (exact) mass is 393 g/mol. The normalized spacial score (nSPS) is 10.1. The van der Waals surface area contributed by atoms with Crippen LogP contribution in [0.1, 0.15) is 16.8 Å². The van der Waals surface area contributed by atoms with Crippen LogP contribution in [0.25, 0.3) is 0 Å². The van der Waals surface area contributed by atoms with E-state index in [1.165, 1.54) is 31.4 Å². The molecule has 0 atom stereocenters. The van der Waals surface area contributed by atoms with Crippen LogP contribution < -0.4 is 10.1 Å². The fourth-order valence-electron chi connectivity index (χ4n) is 1.91. The number of amides is 1. The summed E-state index contributed by atoms with van der Waals surface area (Å²) in [5.74, 6) is -2.75. The second-order valence-electron chi connectivity index (χ2n) is 4.83. The van der Waals surface area contributed by atoms with E-state index in [0.717, 1.165) is 6.07 Å². The van der Waals surface area contributed by atoms with Gasteiger partial charge in [0.1, 0.15) is 11.6 Å². The first-order chi connectivity index (χ1) is 11.4. The van der Waals surface area contributed by atoms with E-state index in [9.17, 15) is 18.8 Å². The number of hydrogen-bond donors (Lipinski definition) is 1. The van der Waals surface area contributed by atoms with Gasteiger partial charge < -0.3 is 10.1 Å². The molecule has 0 heterocycles. The number of anilines is 1. The van der Waals surface area contributed by atoms with Crippen molar-refractivity contribution in [3.63, 3.8) is 0 Å². The number of carbonyl (C=O) groups excluding carboxylic acids is 3. The lowest BCUT2D eigenvalue weighted by molar-refractivity contribution is -0.134. The first kappa shape index (κ1) is 17.8. The minimum atomic E-state index is -1.05. The minimum absolute atomic E-state index is 0.134. The van der Waals surface area contributed by atoms with E-state index in [2.05, 4.69) is 21.2 Å². The number of halogens is 2. The van der Waals surface area contributed by atoms with E-state index in [0.29, 0.717) is 10.2 Å². The van der Waals surface area contributed by atoms with Crippen LogP contribution in [0.3, 0.4) is 0 Å². The molecule has 0 saturated carbocycles. The summed E-state index contributed by atoms with van der Waals surface area (Å²) < 4.78 is 19.1. The van der Waals surface area contributed by atoms with Gasteiger partial charge >= 0.3 is 0 Å². The molecule has 0 bridgehead atoms. The summed E-state index contributed by atoms with van der Waals surface area (Å²) in [5, 5.41) is 2.16. The highest BCUT2D eigenvalue weighted by Crippen LogP contribution is 2.19. The molecule has 2 aromatic carbocycles. The second-order valence-corrected chi connectivity index (χ2v) is 5.75. The number of carbonyl (C=O) groups is 3. The van der Waals surface area contributed by atoms with E-state index in [1.807, 2.05) is 0 Å². The van der Waals surface area contributed by atoms with Crippen molar-refractivity contribution in [3.8, 4) is 5.75 Å². The van der Waals surface area contributed by atoms with Crippen molar-refractivity contribution in [2.45, 2.75) is 6.42 Å². The van der Waals surface area contributed by atoms with Crippen molar-refractivity contribution >= 4 is 39.1 Å². The molecule has 7 heteroatoms. The Morgan fingerprint density at radius 1 is 1.17 bits per heavy atom. The Morgan fingerprint density at radius 3 is 2.58 bits per heavy atom. The Labute approximate surface area is 145 Å². The van der Waals surface area contributed by atoms with Gasteiger partial charge in [-0.05, 0) is 30.3 Å². The van der Waals surface area contributed by atoms with Crippen molar-refractivity contribution in [1.29, 1.82) is 0 Å². The predicted molar refractivity (Wildman–Crippen MR) is 89.7 cm³/mol. The zero-order valence-electron chi connectivity index (χ0n) is 12.6. The third-order valence-electron chi connectivity index (χ3n) is 3.15. The van der Waals surface area contributed by atoms with Crippen LogP contribution in [0.15, 0.2) is 46.9 Å². The summed E-state index contributed by atoms with van der Waals surface area (Å²) in [6, 6.07) is 10.2. The van der Waals surface area contributed by atoms with Gasteiger partial charge in [0.2, 0.25) is 5.78 Å². The lowest BCUT2D eigenvalue weighted by Crippen LogP contribution is -2.25. The summed E-state index contributed by atoms with van der Waals surface area (Å²) in [7, 11) is 1.45. The molecule has 0 aliphatic heterocycles. The van der Waals surface area contributed by atoms with Crippen LogP contribution in [-0.4, -0.2) is 24.6 Å². The quantitative estimate of drug-likeness (QED) is 0.463. The largest absolute Gasteiger partial charge is 0.497 e. The molecule has 0 unspecified atom stereocenters. The molecule has 1 N–H and O–H groups in total. The number of rotatable bonds is 6. The Kier molecular flexibility index (Phi) is 5.81. The van der Waals surface area contributed by atoms with Gasteiger partial charge in [-0.15, -0.1) is 0 Å². The first-order valence-electron chi connectivity index (χ1n) is 6.87. The van der Waals surface area contributed by atoms with Crippen LogP contribution >= 0.6 is 15.9 Å². The highest BCUT2D eigenvalue weighted by molar-refractivity contribution is 9.10. The molecule has 24 heavy (non-hydrogen) atoms. The number of Topliss-reactive ketones (excluding diaryl/α,β-unsaturated/α-hetero) is 2. The standard InChI is InChI=1S/C17H13BrFNO4/c1-24-12-4-2-3-10(7-12)15(21)9-16(22)17(23)20-14-6-5-11(18)8-13(14)19/h2-8H,9H2,1H3,(H,20,23). The topological polar surface area (TPSA) is 72.5 Å². The van der Waals surface area contributed by atoms with E-state index in [4.69, 9.17) is 4.74 Å². The maximum Gasteiger partial charge on any atom is 0.292 e. The summed E-state index contributed by atoms with van der Waals surface area (Å²) in [6.45, 7) is 0. The van der Waals surface area contributed by atoms with Crippen molar-refractivity contribution in [2.24, 2.45) is 0 Å². The molecule has 0 aliphatic carbocycles. The van der Waals surface area contributed by atoms with Gasteiger partial charge in [0, 0.05) is 10.0 Å². The van der Waals surface area contributed by atoms with Crippen LogP contribution in [-0.2, 0) is 9.59 Å². The van der Waals surface area contributed by atoms with Crippen LogP contribution in [0.4, 0.5) is 10.1 Å². The second kappa shape index (κ2) is 7.83. The van der Waals surface area contributed by atoms with E-state index >= 15 is 0 Å². The lowest BCUT2D eigenvalue weighted by Gasteiger charge is -2.06. The SMILES string of the molecule is COc1cccc(C(=O)CC(=O)C(=O)Nc2ccc(Br)cc2F)c1. The zero-order valence-corrected chi connectivity index (χ0v) is 14.2. The molecular weight excluding hydrogens is 381 g/mol. The molecule has 0 aliphatic rings. The van der Waals surface area contributed by atoms with Gasteiger partial charge in [-0.2, -0.15) is 0 Å². The molecule has 5 nitrogen and oxygen atoms in total. The zero-order chi connectivity index (χ0) is 17.7. The molecule has 0 fully saturated rings. The number of nitrogens with one attached hydrogen (secondary N) is 1. The third-order valence-corrected chi connectivity index (χ3v) is 3.64. The Bertz CT molecular complexity index is 807. The van der Waals surface area contributed by atoms with Gasteiger partial charge in [0.05, 0.1) is 19.2 Å². The maximum absolute atomic E-state index is 13.6. The fourth-order valence-corrected chi connectivity index (χ4v) is 2.24. The first-order valence-corrected chi connectivity index (χ1v) is 7.66. The highest BCUT2D eigenvalue weighted by atomic mass is 79.9. The van der Waals surface area contributed by atoms with Gasteiger partial charge in [0.25, 0.3) is 5.91 Å². The number of benzene rings is 2. The number of hydrogen-bond acceptors (Lipinski definition) is 4. The third kappa shape index (κ3) is 4.48. The van der Waals surface area contributed by atoms with Crippen LogP contribution in [0.2, 0.25) is 0 Å². The summed E-state index contributed by atoms with van der Waals surface area (Å²) in [5.41, 5.74) is 0.121. The van der Waals surface area contributed by atoms with Gasteiger partial charge in [-0.1, -0.05) is 28.1 Å². The maximum atomic E-state index is 13.6. The van der Waals surface area contributed by atoms with Gasteiger partial charge in [0.15, 0.2) is 5.78 Å². The molecular formula is C17H13BrFNO4. The lowest BCUT2D eigenvalue weighted by atomic mass is 10.1. The highest BCUT2D eigenvalue weighted by Gasteiger charge is 2.20. The van der Waals surface area contributed by atoms with Crippen LogP contribution in [0.5, 0.6) is 5.75 Å². The van der Waals surface area contributed by atoms with E-state index < -0.39 is 29.7 Å². The molecule has 2 aromatic rings. The van der Waals surface area contributed by atoms with Crippen molar-refractivity contribution in [2.75, 3.05) is 12.4 Å². The van der Waals surface area contributed by atoms with Gasteiger partial charge in [-0.25, -0.2) is 4.39 Å². The van der Waals surface area contributed by atoms with Crippen molar-refractivity contribution in [3.05, 3.63) is 58.3 Å². The number of ether oxygens (including phenoxy) is 1. The Balaban J connectivity index is 2.03. The smallest absolute Gasteiger partial charge is 0.292 e. The summed E-state index contributed by atoms with van der Waals surface area (Å²) in [6.07, 6.45) is -0.614. The fraction of sp³-hybridized carbons (Fsp3) is 0.118. The number of methoxy groups -OCH3 is 1. The van der Waals surface area contributed by atoms with E-state index in [1.54, 1.807) is 12.1 Å². The molecule has 124 valence electrons. The predicted octanol–water partition coefficient (Wildman–Crippen LogP) is 3.38. The molecule has 2 rings (SSSR count).